The first-order valence-electron chi connectivity index (χ1n) is 7.35. The Bertz CT molecular complexity index is 714. The Morgan fingerprint density at radius 3 is 2.82 bits per heavy atom. The van der Waals surface area contributed by atoms with Gasteiger partial charge >= 0.3 is 0 Å². The van der Waals surface area contributed by atoms with Crippen LogP contribution in [-0.2, 0) is 11.3 Å². The van der Waals surface area contributed by atoms with E-state index in [0.29, 0.717) is 24.0 Å². The number of ether oxygens (including phenoxy) is 2. The van der Waals surface area contributed by atoms with Gasteiger partial charge in [-0.05, 0) is 25.5 Å². The third-order valence-corrected chi connectivity index (χ3v) is 3.94. The summed E-state index contributed by atoms with van der Waals surface area (Å²) in [7, 11) is 0. The molecule has 4 rings (SSSR count). The predicted molar refractivity (Wildman–Crippen MR) is 77.9 cm³/mol. The standard InChI is InChI=1S/C15H16N4O3/c1-10-13(22-12-6-3-2-5-11(12)21-10)14(20)18-7-4-8-19-15(18)16-9-17-19/h2-3,5-6,9-10,13H,4,7-8H2,1H3/t10-,13-/m0/s1. The number of amides is 1. The normalized spacial score (nSPS) is 23.0. The second-order valence-corrected chi connectivity index (χ2v) is 5.43. The van der Waals surface area contributed by atoms with E-state index >= 15 is 0 Å². The Morgan fingerprint density at radius 1 is 1.23 bits per heavy atom. The SMILES string of the molecule is C[C@@H]1Oc2ccccc2O[C@@H]1C(=O)N1CCCn2ncnc21. The zero-order valence-electron chi connectivity index (χ0n) is 12.2. The molecule has 7 heteroatoms. The van der Waals surface area contributed by atoms with Gasteiger partial charge in [0, 0.05) is 13.1 Å². The Hall–Kier alpha value is -2.57. The molecule has 0 fully saturated rings. The second-order valence-electron chi connectivity index (χ2n) is 5.43. The Kier molecular flexibility index (Phi) is 2.99. The number of benzene rings is 1. The van der Waals surface area contributed by atoms with E-state index in [9.17, 15) is 4.79 Å². The monoisotopic (exact) mass is 300 g/mol. The highest BCUT2D eigenvalue weighted by Gasteiger charge is 2.39. The summed E-state index contributed by atoms with van der Waals surface area (Å²) in [6, 6.07) is 7.38. The summed E-state index contributed by atoms with van der Waals surface area (Å²) in [6.45, 7) is 3.23. The maximum absolute atomic E-state index is 12.9. The largest absolute Gasteiger partial charge is 0.482 e. The van der Waals surface area contributed by atoms with Gasteiger partial charge in [0.25, 0.3) is 5.91 Å². The molecule has 22 heavy (non-hydrogen) atoms. The van der Waals surface area contributed by atoms with E-state index in [1.807, 2.05) is 25.1 Å². The third kappa shape index (κ3) is 2.01. The maximum Gasteiger partial charge on any atom is 0.274 e. The summed E-state index contributed by atoms with van der Waals surface area (Å²) < 4.78 is 13.4. The van der Waals surface area contributed by atoms with Gasteiger partial charge in [0.1, 0.15) is 12.4 Å². The van der Waals surface area contributed by atoms with Gasteiger partial charge < -0.3 is 9.47 Å². The average Bonchev–Trinajstić information content (AvgIpc) is 3.02. The predicted octanol–water partition coefficient (Wildman–Crippen LogP) is 1.24. The quantitative estimate of drug-likeness (QED) is 0.792. The summed E-state index contributed by atoms with van der Waals surface area (Å²) in [6.07, 6.45) is 1.28. The van der Waals surface area contributed by atoms with Crippen molar-refractivity contribution in [2.75, 3.05) is 11.4 Å². The van der Waals surface area contributed by atoms with E-state index in [1.165, 1.54) is 6.33 Å². The number of hydrogen-bond donors (Lipinski definition) is 0. The number of rotatable bonds is 1. The molecule has 1 aromatic heterocycles. The van der Waals surface area contributed by atoms with Crippen LogP contribution in [0.4, 0.5) is 5.95 Å². The minimum Gasteiger partial charge on any atom is -0.482 e. The van der Waals surface area contributed by atoms with Gasteiger partial charge in [0.2, 0.25) is 12.1 Å². The first-order valence-corrected chi connectivity index (χ1v) is 7.35. The van der Waals surface area contributed by atoms with Crippen molar-refractivity contribution in [2.45, 2.75) is 32.1 Å². The van der Waals surface area contributed by atoms with Crippen LogP contribution in [0.5, 0.6) is 11.5 Å². The lowest BCUT2D eigenvalue weighted by Gasteiger charge is -2.35. The maximum atomic E-state index is 12.9. The van der Waals surface area contributed by atoms with Crippen LogP contribution in [0, 0.1) is 0 Å². The topological polar surface area (TPSA) is 69.5 Å². The van der Waals surface area contributed by atoms with Gasteiger partial charge in [-0.1, -0.05) is 12.1 Å². The van der Waals surface area contributed by atoms with E-state index in [-0.39, 0.29) is 12.0 Å². The van der Waals surface area contributed by atoms with Crippen LogP contribution in [0.2, 0.25) is 0 Å². The molecule has 0 spiro atoms. The summed E-state index contributed by atoms with van der Waals surface area (Å²) in [5, 5.41) is 4.13. The molecule has 0 saturated carbocycles. The van der Waals surface area contributed by atoms with Crippen molar-refractivity contribution >= 4 is 11.9 Å². The van der Waals surface area contributed by atoms with Crippen molar-refractivity contribution in [1.82, 2.24) is 14.8 Å². The lowest BCUT2D eigenvalue weighted by molar-refractivity contribution is -0.130. The highest BCUT2D eigenvalue weighted by Crippen LogP contribution is 2.34. The molecule has 2 atom stereocenters. The fourth-order valence-corrected chi connectivity index (χ4v) is 2.86. The van der Waals surface area contributed by atoms with Crippen molar-refractivity contribution in [3.63, 3.8) is 0 Å². The van der Waals surface area contributed by atoms with Gasteiger partial charge in [-0.2, -0.15) is 10.1 Å². The molecule has 0 saturated heterocycles. The van der Waals surface area contributed by atoms with Crippen molar-refractivity contribution in [1.29, 1.82) is 0 Å². The molecule has 1 aromatic carbocycles. The zero-order chi connectivity index (χ0) is 15.1. The lowest BCUT2D eigenvalue weighted by atomic mass is 10.1. The first kappa shape index (κ1) is 13.1. The van der Waals surface area contributed by atoms with Crippen LogP contribution in [0.15, 0.2) is 30.6 Å². The summed E-state index contributed by atoms with van der Waals surface area (Å²) in [5.74, 6) is 1.69. The minimum absolute atomic E-state index is 0.143. The minimum atomic E-state index is -0.682. The number of carbonyl (C=O) groups is 1. The van der Waals surface area contributed by atoms with Crippen LogP contribution < -0.4 is 14.4 Å². The number of aromatic nitrogens is 3. The van der Waals surface area contributed by atoms with Gasteiger partial charge in [-0.15, -0.1) is 0 Å². The van der Waals surface area contributed by atoms with Gasteiger partial charge in [0.15, 0.2) is 11.5 Å². The van der Waals surface area contributed by atoms with Gasteiger partial charge in [-0.3, -0.25) is 9.69 Å². The van der Waals surface area contributed by atoms with Crippen molar-refractivity contribution in [3.8, 4) is 11.5 Å². The van der Waals surface area contributed by atoms with Crippen LogP contribution in [-0.4, -0.2) is 39.4 Å². The molecule has 0 radical (unpaired) electrons. The molecule has 0 bridgehead atoms. The Balaban J connectivity index is 1.62. The second kappa shape index (κ2) is 5.01. The number of carbonyl (C=O) groups excluding carboxylic acids is 1. The highest BCUT2D eigenvalue weighted by molar-refractivity contribution is 5.96. The molecule has 2 aliphatic heterocycles. The fourth-order valence-electron chi connectivity index (χ4n) is 2.86. The first-order chi connectivity index (χ1) is 10.7. The van der Waals surface area contributed by atoms with Crippen LogP contribution in [0.1, 0.15) is 13.3 Å². The molecule has 0 unspecified atom stereocenters. The number of anilines is 1. The van der Waals surface area contributed by atoms with E-state index in [4.69, 9.17) is 9.47 Å². The molecule has 2 aliphatic rings. The van der Waals surface area contributed by atoms with Gasteiger partial charge in [-0.25, -0.2) is 4.68 Å². The molecule has 0 N–H and O–H groups in total. The number of nitrogens with zero attached hydrogens (tertiary/aromatic N) is 4. The van der Waals surface area contributed by atoms with Crippen molar-refractivity contribution in [2.24, 2.45) is 0 Å². The third-order valence-electron chi connectivity index (χ3n) is 3.94. The Morgan fingerprint density at radius 2 is 2.00 bits per heavy atom. The molecule has 2 aromatic rings. The summed E-state index contributed by atoms with van der Waals surface area (Å²) in [5.41, 5.74) is 0. The highest BCUT2D eigenvalue weighted by atomic mass is 16.6. The van der Waals surface area contributed by atoms with Crippen molar-refractivity contribution in [3.05, 3.63) is 30.6 Å². The number of aryl methyl sites for hydroxylation is 1. The van der Waals surface area contributed by atoms with E-state index < -0.39 is 6.10 Å². The molecule has 114 valence electrons. The van der Waals surface area contributed by atoms with E-state index in [0.717, 1.165) is 13.0 Å². The lowest BCUT2D eigenvalue weighted by Crippen LogP contribution is -2.52. The van der Waals surface area contributed by atoms with Crippen LogP contribution in [0.25, 0.3) is 0 Å². The summed E-state index contributed by atoms with van der Waals surface area (Å²) >= 11 is 0. The zero-order valence-corrected chi connectivity index (χ0v) is 12.2. The molecule has 0 aliphatic carbocycles. The number of hydrogen-bond acceptors (Lipinski definition) is 5. The van der Waals surface area contributed by atoms with Crippen LogP contribution >= 0.6 is 0 Å². The van der Waals surface area contributed by atoms with E-state index in [2.05, 4.69) is 10.1 Å². The smallest absolute Gasteiger partial charge is 0.274 e. The Labute approximate surface area is 127 Å². The van der Waals surface area contributed by atoms with Crippen molar-refractivity contribution < 1.29 is 14.3 Å². The molecule has 1 amide bonds. The van der Waals surface area contributed by atoms with E-state index in [1.54, 1.807) is 15.6 Å². The molecular weight excluding hydrogens is 284 g/mol. The molecule has 7 nitrogen and oxygen atoms in total. The fraction of sp³-hybridized carbons (Fsp3) is 0.400. The molecule has 3 heterocycles. The number of fused-ring (bicyclic) bond motifs is 2. The van der Waals surface area contributed by atoms with Crippen LogP contribution in [0.3, 0.4) is 0 Å². The summed E-state index contributed by atoms with van der Waals surface area (Å²) in [4.78, 5) is 18.7. The molecular formula is C15H16N4O3. The average molecular weight is 300 g/mol. The number of para-hydroxylation sites is 2. The van der Waals surface area contributed by atoms with Gasteiger partial charge in [0.05, 0.1) is 0 Å².